The van der Waals surface area contributed by atoms with Gasteiger partial charge in [0, 0.05) is 26.4 Å². The predicted molar refractivity (Wildman–Crippen MR) is 112 cm³/mol. The minimum Gasteiger partial charge on any atom is -0.493 e. The third kappa shape index (κ3) is 4.93. The van der Waals surface area contributed by atoms with Crippen LogP contribution in [0.2, 0.25) is 0 Å². The third-order valence-electron chi connectivity index (χ3n) is 4.86. The Labute approximate surface area is 169 Å². The number of benzene rings is 2. The first-order valence-corrected chi connectivity index (χ1v) is 9.44. The molecule has 3 rings (SSSR count). The average Bonchev–Trinajstić information content (AvgIpc) is 2.75. The van der Waals surface area contributed by atoms with E-state index in [9.17, 15) is 9.59 Å². The molecule has 1 amide bonds. The van der Waals surface area contributed by atoms with Gasteiger partial charge in [0.25, 0.3) is 5.56 Å². The van der Waals surface area contributed by atoms with E-state index in [1.54, 1.807) is 32.2 Å². The van der Waals surface area contributed by atoms with E-state index in [-0.39, 0.29) is 17.9 Å². The van der Waals surface area contributed by atoms with Crippen molar-refractivity contribution in [2.24, 2.45) is 0 Å². The highest BCUT2D eigenvalue weighted by molar-refractivity contribution is 5.76. The zero-order chi connectivity index (χ0) is 20.8. The van der Waals surface area contributed by atoms with Crippen molar-refractivity contribution in [1.29, 1.82) is 0 Å². The van der Waals surface area contributed by atoms with Crippen molar-refractivity contribution >= 4 is 16.9 Å². The minimum absolute atomic E-state index is 0.0279. The van der Waals surface area contributed by atoms with E-state index in [1.165, 1.54) is 0 Å². The molecule has 1 heterocycles. The molecule has 1 aromatic heterocycles. The van der Waals surface area contributed by atoms with E-state index in [0.29, 0.717) is 42.1 Å². The van der Waals surface area contributed by atoms with Gasteiger partial charge in [-0.05, 0) is 36.2 Å². The van der Waals surface area contributed by atoms with Crippen molar-refractivity contribution in [2.75, 3.05) is 27.8 Å². The summed E-state index contributed by atoms with van der Waals surface area (Å²) < 4.78 is 10.6. The first-order chi connectivity index (χ1) is 14.0. The maximum absolute atomic E-state index is 12.5. The number of ether oxygens (including phenoxy) is 2. The number of H-pyrrole nitrogens is 1. The summed E-state index contributed by atoms with van der Waals surface area (Å²) in [6, 6.07) is 13.1. The second-order valence-corrected chi connectivity index (χ2v) is 6.78. The molecule has 1 N–H and O–H groups in total. The molecule has 0 aliphatic carbocycles. The van der Waals surface area contributed by atoms with Gasteiger partial charge in [-0.2, -0.15) is 0 Å². The van der Waals surface area contributed by atoms with Crippen LogP contribution in [0.25, 0.3) is 11.0 Å². The second kappa shape index (κ2) is 9.23. The number of hydrogen-bond donors (Lipinski definition) is 1. The standard InChI is InChI=1S/C22H25N3O4/c1-25(13-12-15-8-10-19(28-2)20(14-15)29-3)21(26)11-9-18-22(27)24-17-7-5-4-6-16(17)23-18/h4-8,10,14H,9,11-13H2,1-3H3,(H,24,27). The van der Waals surface area contributed by atoms with Gasteiger partial charge < -0.3 is 19.4 Å². The molecule has 2 aromatic carbocycles. The van der Waals surface area contributed by atoms with E-state index >= 15 is 0 Å². The first kappa shape index (κ1) is 20.4. The average molecular weight is 395 g/mol. The molecule has 29 heavy (non-hydrogen) atoms. The minimum atomic E-state index is -0.246. The fourth-order valence-electron chi connectivity index (χ4n) is 3.11. The molecule has 0 spiro atoms. The van der Waals surface area contributed by atoms with Crippen LogP contribution in [-0.2, 0) is 17.6 Å². The van der Waals surface area contributed by atoms with Gasteiger partial charge >= 0.3 is 0 Å². The fourth-order valence-corrected chi connectivity index (χ4v) is 3.11. The van der Waals surface area contributed by atoms with Crippen molar-refractivity contribution < 1.29 is 14.3 Å². The van der Waals surface area contributed by atoms with Crippen LogP contribution >= 0.6 is 0 Å². The summed E-state index contributed by atoms with van der Waals surface area (Å²) in [6.07, 6.45) is 1.23. The Balaban J connectivity index is 1.57. The van der Waals surface area contributed by atoms with E-state index in [4.69, 9.17) is 9.47 Å². The zero-order valence-corrected chi connectivity index (χ0v) is 16.9. The van der Waals surface area contributed by atoms with Crippen molar-refractivity contribution in [3.8, 4) is 11.5 Å². The van der Waals surface area contributed by atoms with Crippen LogP contribution in [0.5, 0.6) is 11.5 Å². The summed E-state index contributed by atoms with van der Waals surface area (Å²) in [5.41, 5.74) is 2.60. The Morgan fingerprint density at radius 1 is 1.07 bits per heavy atom. The zero-order valence-electron chi connectivity index (χ0n) is 16.9. The second-order valence-electron chi connectivity index (χ2n) is 6.78. The molecular formula is C22H25N3O4. The maximum atomic E-state index is 12.5. The quantitative estimate of drug-likeness (QED) is 0.634. The van der Waals surface area contributed by atoms with Gasteiger partial charge in [0.1, 0.15) is 5.69 Å². The van der Waals surface area contributed by atoms with E-state index < -0.39 is 0 Å². The number of fused-ring (bicyclic) bond motifs is 1. The van der Waals surface area contributed by atoms with E-state index in [0.717, 1.165) is 11.1 Å². The molecule has 7 heteroatoms. The Bertz CT molecular complexity index is 1060. The number of nitrogens with one attached hydrogen (secondary N) is 1. The van der Waals surface area contributed by atoms with Crippen LogP contribution in [-0.4, -0.2) is 48.6 Å². The van der Waals surface area contributed by atoms with Crippen molar-refractivity contribution in [3.05, 3.63) is 64.1 Å². The summed E-state index contributed by atoms with van der Waals surface area (Å²) in [6.45, 7) is 0.565. The lowest BCUT2D eigenvalue weighted by Crippen LogP contribution is -2.29. The number of aromatic amines is 1. The number of nitrogens with zero attached hydrogens (tertiary/aromatic N) is 2. The van der Waals surface area contributed by atoms with Gasteiger partial charge in [-0.25, -0.2) is 4.98 Å². The number of rotatable bonds is 8. The summed E-state index contributed by atoms with van der Waals surface area (Å²) >= 11 is 0. The van der Waals surface area contributed by atoms with Gasteiger partial charge in [0.15, 0.2) is 11.5 Å². The molecule has 0 saturated heterocycles. The van der Waals surface area contributed by atoms with Crippen LogP contribution in [0.1, 0.15) is 17.7 Å². The van der Waals surface area contributed by atoms with E-state index in [1.807, 2.05) is 36.4 Å². The number of likely N-dealkylation sites (N-methyl/N-ethyl adjacent to an activating group) is 1. The number of amides is 1. The fraction of sp³-hybridized carbons (Fsp3) is 0.318. The lowest BCUT2D eigenvalue weighted by molar-refractivity contribution is -0.129. The molecule has 0 radical (unpaired) electrons. The van der Waals surface area contributed by atoms with Crippen molar-refractivity contribution in [3.63, 3.8) is 0 Å². The monoisotopic (exact) mass is 395 g/mol. The molecule has 0 unspecified atom stereocenters. The van der Waals surface area contributed by atoms with Gasteiger partial charge in [-0.3, -0.25) is 9.59 Å². The lowest BCUT2D eigenvalue weighted by atomic mass is 10.1. The van der Waals surface area contributed by atoms with Gasteiger partial charge in [-0.1, -0.05) is 18.2 Å². The highest BCUT2D eigenvalue weighted by Gasteiger charge is 2.13. The van der Waals surface area contributed by atoms with Crippen LogP contribution in [0.4, 0.5) is 0 Å². The number of methoxy groups -OCH3 is 2. The highest BCUT2D eigenvalue weighted by Crippen LogP contribution is 2.27. The van der Waals surface area contributed by atoms with Crippen LogP contribution in [0, 0.1) is 0 Å². The Kier molecular flexibility index (Phi) is 6.49. The number of para-hydroxylation sites is 2. The summed E-state index contributed by atoms with van der Waals surface area (Å²) in [7, 11) is 4.96. The molecule has 0 atom stereocenters. The molecule has 0 aliphatic rings. The molecule has 0 aliphatic heterocycles. The smallest absolute Gasteiger partial charge is 0.270 e. The van der Waals surface area contributed by atoms with Gasteiger partial charge in [-0.15, -0.1) is 0 Å². The maximum Gasteiger partial charge on any atom is 0.270 e. The van der Waals surface area contributed by atoms with Crippen molar-refractivity contribution in [2.45, 2.75) is 19.3 Å². The number of aromatic nitrogens is 2. The molecule has 3 aromatic rings. The summed E-state index contributed by atoms with van der Waals surface area (Å²) in [5, 5.41) is 0. The SMILES string of the molecule is COc1ccc(CCN(C)C(=O)CCc2nc3ccccc3[nH]c2=O)cc1OC. The Morgan fingerprint density at radius 2 is 1.83 bits per heavy atom. The van der Waals surface area contributed by atoms with Crippen molar-refractivity contribution in [1.82, 2.24) is 14.9 Å². The van der Waals surface area contributed by atoms with Gasteiger partial charge in [0.2, 0.25) is 5.91 Å². The highest BCUT2D eigenvalue weighted by atomic mass is 16.5. The molecule has 7 nitrogen and oxygen atoms in total. The van der Waals surface area contributed by atoms with E-state index in [2.05, 4.69) is 9.97 Å². The predicted octanol–water partition coefficient (Wildman–Crippen LogP) is 2.57. The first-order valence-electron chi connectivity index (χ1n) is 9.44. The van der Waals surface area contributed by atoms with Crippen LogP contribution in [0.15, 0.2) is 47.3 Å². The number of carbonyl (C=O) groups is 1. The third-order valence-corrected chi connectivity index (χ3v) is 4.86. The summed E-state index contributed by atoms with van der Waals surface area (Å²) in [4.78, 5) is 33.5. The van der Waals surface area contributed by atoms with Crippen LogP contribution < -0.4 is 15.0 Å². The Hall–Kier alpha value is -3.35. The van der Waals surface area contributed by atoms with Crippen LogP contribution in [0.3, 0.4) is 0 Å². The molecule has 0 saturated carbocycles. The Morgan fingerprint density at radius 3 is 2.59 bits per heavy atom. The number of carbonyl (C=O) groups excluding carboxylic acids is 1. The van der Waals surface area contributed by atoms with Gasteiger partial charge in [0.05, 0.1) is 25.3 Å². The molecule has 0 bridgehead atoms. The normalized spacial score (nSPS) is 10.7. The largest absolute Gasteiger partial charge is 0.493 e. The number of aryl methyl sites for hydroxylation is 1. The number of hydrogen-bond acceptors (Lipinski definition) is 5. The molecule has 0 fully saturated rings. The molecular weight excluding hydrogens is 370 g/mol. The summed E-state index contributed by atoms with van der Waals surface area (Å²) in [5.74, 6) is 1.31. The topological polar surface area (TPSA) is 84.5 Å². The molecule has 152 valence electrons. The lowest BCUT2D eigenvalue weighted by Gasteiger charge is -2.17.